The minimum atomic E-state index is -0.288. The molecule has 0 aliphatic rings. The number of benzene rings is 2. The highest BCUT2D eigenvalue weighted by Crippen LogP contribution is 2.28. The second-order valence-corrected chi connectivity index (χ2v) is 8.17. The molecule has 0 radical (unpaired) electrons. The summed E-state index contributed by atoms with van der Waals surface area (Å²) in [4.78, 5) is 31.2. The Morgan fingerprint density at radius 1 is 1.17 bits per heavy atom. The number of hydrogen-bond donors (Lipinski definition) is 1. The van der Waals surface area contributed by atoms with Gasteiger partial charge in [0.15, 0.2) is 0 Å². The van der Waals surface area contributed by atoms with Gasteiger partial charge in [-0.3, -0.25) is 9.59 Å². The van der Waals surface area contributed by atoms with E-state index in [0.29, 0.717) is 12.2 Å². The average molecular weight is 426 g/mol. The molecule has 0 saturated carbocycles. The van der Waals surface area contributed by atoms with Crippen molar-refractivity contribution in [2.45, 2.75) is 32.7 Å². The Bertz CT molecular complexity index is 967. The zero-order chi connectivity index (χ0) is 21.5. The lowest BCUT2D eigenvalue weighted by molar-refractivity contribution is -0.130. The Kier molecular flexibility index (Phi) is 7.41. The Morgan fingerprint density at radius 2 is 1.90 bits per heavy atom. The van der Waals surface area contributed by atoms with Crippen LogP contribution in [0.4, 0.5) is 0 Å². The molecule has 0 fully saturated rings. The number of unbranched alkanes of at least 4 members (excludes halogenated alkanes) is 1. The van der Waals surface area contributed by atoms with Crippen LogP contribution >= 0.6 is 11.3 Å². The summed E-state index contributed by atoms with van der Waals surface area (Å²) < 4.78 is 6.70. The number of ether oxygens (including phenoxy) is 1. The molecule has 0 aliphatic heterocycles. The number of thiazole rings is 1. The molecule has 2 amide bonds. The van der Waals surface area contributed by atoms with E-state index in [9.17, 15) is 9.59 Å². The van der Waals surface area contributed by atoms with Crippen LogP contribution in [0.2, 0.25) is 0 Å². The second kappa shape index (κ2) is 10.2. The fourth-order valence-corrected chi connectivity index (χ4v) is 3.93. The molecule has 0 spiro atoms. The first-order chi connectivity index (χ1) is 14.5. The van der Waals surface area contributed by atoms with Gasteiger partial charge in [-0.25, -0.2) is 4.98 Å². The van der Waals surface area contributed by atoms with Crippen LogP contribution in [0.3, 0.4) is 0 Å². The Morgan fingerprint density at radius 3 is 2.60 bits per heavy atom. The number of rotatable bonds is 9. The van der Waals surface area contributed by atoms with Gasteiger partial charge in [0.1, 0.15) is 10.8 Å². The highest BCUT2D eigenvalue weighted by Gasteiger charge is 2.21. The summed E-state index contributed by atoms with van der Waals surface area (Å²) in [6.45, 7) is 4.64. The molecule has 1 aromatic heterocycles. The number of hydrogen-bond acceptors (Lipinski definition) is 5. The summed E-state index contributed by atoms with van der Waals surface area (Å²) in [5, 5.41) is 3.57. The Hall–Kier alpha value is -2.93. The molecular formula is C23H27N3O3S. The molecule has 1 heterocycles. The van der Waals surface area contributed by atoms with Crippen molar-refractivity contribution in [2.24, 2.45) is 0 Å². The van der Waals surface area contributed by atoms with E-state index in [-0.39, 0.29) is 24.4 Å². The zero-order valence-corrected chi connectivity index (χ0v) is 18.4. The highest BCUT2D eigenvalue weighted by atomic mass is 32.1. The topological polar surface area (TPSA) is 71.5 Å². The molecule has 1 atom stereocenters. The molecule has 30 heavy (non-hydrogen) atoms. The van der Waals surface area contributed by atoms with Gasteiger partial charge in [0.25, 0.3) is 5.91 Å². The van der Waals surface area contributed by atoms with Gasteiger partial charge in [-0.15, -0.1) is 11.3 Å². The molecule has 3 aromatic rings. The first kappa shape index (κ1) is 21.8. The Labute approximate surface area is 180 Å². The lowest BCUT2D eigenvalue weighted by Gasteiger charge is -2.23. The monoisotopic (exact) mass is 425 g/mol. The number of aromatic nitrogens is 1. The van der Waals surface area contributed by atoms with Crippen molar-refractivity contribution in [1.82, 2.24) is 15.2 Å². The summed E-state index contributed by atoms with van der Waals surface area (Å²) in [5.41, 5.74) is 1.42. The molecule has 0 aliphatic carbocycles. The number of nitrogens with zero attached hydrogens (tertiary/aromatic N) is 2. The van der Waals surface area contributed by atoms with Crippen LogP contribution in [-0.4, -0.2) is 41.9 Å². The maximum atomic E-state index is 12.6. The fraction of sp³-hybridized carbons (Fsp3) is 0.348. The number of likely N-dealkylation sites (N-methyl/N-ethyl adjacent to an activating group) is 1. The first-order valence-electron chi connectivity index (χ1n) is 10.1. The summed E-state index contributed by atoms with van der Waals surface area (Å²) in [6.07, 6.45) is 2.06. The van der Waals surface area contributed by atoms with Crippen molar-refractivity contribution in [2.75, 3.05) is 20.2 Å². The fourth-order valence-electron chi connectivity index (χ4n) is 2.87. The molecular weight excluding hydrogens is 398 g/mol. The van der Waals surface area contributed by atoms with E-state index in [1.165, 1.54) is 0 Å². The van der Waals surface area contributed by atoms with Crippen LogP contribution < -0.4 is 10.1 Å². The Balaban J connectivity index is 1.53. The zero-order valence-electron chi connectivity index (χ0n) is 17.6. The summed E-state index contributed by atoms with van der Waals surface area (Å²) in [5.74, 6) is 0.277. The van der Waals surface area contributed by atoms with Crippen molar-refractivity contribution in [1.29, 1.82) is 0 Å². The van der Waals surface area contributed by atoms with Crippen molar-refractivity contribution in [3.8, 4) is 5.75 Å². The maximum Gasteiger partial charge on any atom is 0.251 e. The predicted octanol–water partition coefficient (Wildman–Crippen LogP) is 4.42. The van der Waals surface area contributed by atoms with Gasteiger partial charge in [-0.1, -0.05) is 25.5 Å². The molecule has 2 aromatic carbocycles. The first-order valence-corrected chi connectivity index (χ1v) is 10.9. The third-order valence-corrected chi connectivity index (χ3v) is 6.13. The van der Waals surface area contributed by atoms with Gasteiger partial charge in [0, 0.05) is 12.6 Å². The number of carbonyl (C=O) groups excluding carboxylic acids is 2. The predicted molar refractivity (Wildman–Crippen MR) is 120 cm³/mol. The standard InChI is InChI=1S/C23H27N3O3S/c1-4-5-14-29-18-12-10-17(11-13-18)22(28)24-15-21(27)26(3)16(2)23-25-19-8-6-7-9-20(19)30-23/h6-13,16H,4-5,14-15H2,1-3H3,(H,24,28)/t16-/m1/s1. The molecule has 6 nitrogen and oxygen atoms in total. The van der Waals surface area contributed by atoms with Gasteiger partial charge < -0.3 is 15.0 Å². The number of amides is 2. The van der Waals surface area contributed by atoms with Crippen LogP contribution in [0.1, 0.15) is 48.1 Å². The van der Waals surface area contributed by atoms with E-state index in [4.69, 9.17) is 4.74 Å². The average Bonchev–Trinajstić information content (AvgIpc) is 3.21. The minimum absolute atomic E-state index is 0.0701. The molecule has 3 rings (SSSR count). The van der Waals surface area contributed by atoms with Crippen molar-refractivity contribution >= 4 is 33.4 Å². The van der Waals surface area contributed by atoms with Crippen molar-refractivity contribution in [3.63, 3.8) is 0 Å². The molecule has 0 unspecified atom stereocenters. The lowest BCUT2D eigenvalue weighted by atomic mass is 10.2. The number of carbonyl (C=O) groups is 2. The van der Waals surface area contributed by atoms with Gasteiger partial charge >= 0.3 is 0 Å². The van der Waals surface area contributed by atoms with Crippen molar-refractivity contribution < 1.29 is 14.3 Å². The van der Waals surface area contributed by atoms with Crippen LogP contribution in [0.15, 0.2) is 48.5 Å². The molecule has 7 heteroatoms. The van der Waals surface area contributed by atoms with Gasteiger partial charge in [-0.2, -0.15) is 0 Å². The summed E-state index contributed by atoms with van der Waals surface area (Å²) in [7, 11) is 1.73. The normalized spacial score (nSPS) is 11.8. The summed E-state index contributed by atoms with van der Waals surface area (Å²) in [6, 6.07) is 14.7. The molecule has 158 valence electrons. The van der Waals surface area contributed by atoms with E-state index in [2.05, 4.69) is 17.2 Å². The number of nitrogens with one attached hydrogen (secondary N) is 1. The van der Waals surface area contributed by atoms with Crippen LogP contribution in [0, 0.1) is 0 Å². The van der Waals surface area contributed by atoms with Crippen molar-refractivity contribution in [3.05, 3.63) is 59.1 Å². The lowest BCUT2D eigenvalue weighted by Crippen LogP contribution is -2.39. The summed E-state index contributed by atoms with van der Waals surface area (Å²) >= 11 is 1.58. The molecule has 0 bridgehead atoms. The van der Waals surface area contributed by atoms with E-state index >= 15 is 0 Å². The second-order valence-electron chi connectivity index (χ2n) is 7.11. The van der Waals surface area contributed by atoms with Crippen LogP contribution in [0.25, 0.3) is 10.2 Å². The van der Waals surface area contributed by atoms with Gasteiger partial charge in [-0.05, 0) is 49.7 Å². The third-order valence-electron chi connectivity index (χ3n) is 4.93. The van der Waals surface area contributed by atoms with Gasteiger partial charge in [0.05, 0.1) is 29.4 Å². The highest BCUT2D eigenvalue weighted by molar-refractivity contribution is 7.18. The van der Waals surface area contributed by atoms with E-state index in [1.807, 2.05) is 31.2 Å². The maximum absolute atomic E-state index is 12.6. The van der Waals surface area contributed by atoms with Gasteiger partial charge in [0.2, 0.25) is 5.91 Å². The SMILES string of the molecule is CCCCOc1ccc(C(=O)NCC(=O)N(C)[C@H](C)c2nc3ccccc3s2)cc1. The minimum Gasteiger partial charge on any atom is -0.494 e. The molecule has 0 saturated heterocycles. The van der Waals surface area contributed by atoms with E-state index < -0.39 is 0 Å². The van der Waals surface area contributed by atoms with E-state index in [1.54, 1.807) is 47.5 Å². The largest absolute Gasteiger partial charge is 0.494 e. The van der Waals surface area contributed by atoms with Crippen LogP contribution in [-0.2, 0) is 4.79 Å². The smallest absolute Gasteiger partial charge is 0.251 e. The quantitative estimate of drug-likeness (QED) is 0.515. The van der Waals surface area contributed by atoms with Crippen LogP contribution in [0.5, 0.6) is 5.75 Å². The number of para-hydroxylation sites is 1. The number of fused-ring (bicyclic) bond motifs is 1. The van der Waals surface area contributed by atoms with E-state index in [0.717, 1.165) is 33.8 Å². The third kappa shape index (κ3) is 5.36. The molecule has 1 N–H and O–H groups in total.